The van der Waals surface area contributed by atoms with Gasteiger partial charge in [-0.15, -0.1) is 0 Å². The molecule has 0 radical (unpaired) electrons. The fraction of sp³-hybridized carbons (Fsp3) is 0.409. The van der Waals surface area contributed by atoms with E-state index in [0.29, 0.717) is 6.61 Å². The van der Waals surface area contributed by atoms with Gasteiger partial charge in [-0.05, 0) is 75.2 Å². The molecule has 1 aliphatic heterocycles. The van der Waals surface area contributed by atoms with Crippen LogP contribution in [0.15, 0.2) is 42.7 Å². The molecule has 5 heteroatoms. The third kappa shape index (κ3) is 4.08. The van der Waals surface area contributed by atoms with Gasteiger partial charge in [0.1, 0.15) is 5.65 Å². The number of aromatic nitrogens is 2. The Labute approximate surface area is 160 Å². The summed E-state index contributed by atoms with van der Waals surface area (Å²) in [5, 5.41) is 0. The number of hydrogen-bond donors (Lipinski definition) is 0. The molecular weight excluding hydrogens is 338 g/mol. The minimum Gasteiger partial charge on any atom is -0.493 e. The van der Waals surface area contributed by atoms with E-state index in [1.165, 1.54) is 31.5 Å². The number of methoxy groups -OCH3 is 1. The smallest absolute Gasteiger partial charge is 0.161 e. The number of aryl methyl sites for hydroxylation is 1. The largest absolute Gasteiger partial charge is 0.493 e. The molecule has 0 spiro atoms. The van der Waals surface area contributed by atoms with Crippen molar-refractivity contribution in [3.8, 4) is 22.8 Å². The first-order valence-electron chi connectivity index (χ1n) is 9.72. The summed E-state index contributed by atoms with van der Waals surface area (Å²) in [6.45, 7) is 6.36. The molecule has 0 bridgehead atoms. The van der Waals surface area contributed by atoms with Crippen molar-refractivity contribution in [1.29, 1.82) is 0 Å². The fourth-order valence-corrected chi connectivity index (χ4v) is 3.65. The number of nitrogens with zero attached hydrogens (tertiary/aromatic N) is 3. The topological polar surface area (TPSA) is 39.0 Å². The van der Waals surface area contributed by atoms with Gasteiger partial charge in [-0.25, -0.2) is 4.98 Å². The molecule has 1 aromatic carbocycles. The highest BCUT2D eigenvalue weighted by atomic mass is 16.5. The minimum atomic E-state index is 0.708. The van der Waals surface area contributed by atoms with E-state index in [-0.39, 0.29) is 0 Å². The lowest BCUT2D eigenvalue weighted by Crippen LogP contribution is -2.21. The highest BCUT2D eigenvalue weighted by molar-refractivity contribution is 5.66. The number of benzene rings is 1. The monoisotopic (exact) mass is 365 g/mol. The molecule has 142 valence electrons. The van der Waals surface area contributed by atoms with Crippen molar-refractivity contribution >= 4 is 5.65 Å². The minimum absolute atomic E-state index is 0.708. The first-order chi connectivity index (χ1) is 13.2. The Hall–Kier alpha value is -2.53. The van der Waals surface area contributed by atoms with Crippen molar-refractivity contribution in [2.45, 2.75) is 26.2 Å². The van der Waals surface area contributed by atoms with E-state index in [4.69, 9.17) is 14.5 Å². The van der Waals surface area contributed by atoms with E-state index >= 15 is 0 Å². The third-order valence-corrected chi connectivity index (χ3v) is 5.15. The van der Waals surface area contributed by atoms with E-state index < -0.39 is 0 Å². The quantitative estimate of drug-likeness (QED) is 0.589. The van der Waals surface area contributed by atoms with Crippen molar-refractivity contribution < 1.29 is 9.47 Å². The summed E-state index contributed by atoms with van der Waals surface area (Å²) in [6, 6.07) is 10.2. The van der Waals surface area contributed by atoms with Crippen LogP contribution in [-0.4, -0.2) is 47.6 Å². The van der Waals surface area contributed by atoms with Crippen LogP contribution in [0.2, 0.25) is 0 Å². The van der Waals surface area contributed by atoms with Crippen molar-refractivity contribution in [3.05, 3.63) is 48.3 Å². The van der Waals surface area contributed by atoms with Crippen molar-refractivity contribution in [2.24, 2.45) is 0 Å². The van der Waals surface area contributed by atoms with Gasteiger partial charge in [0, 0.05) is 24.5 Å². The molecular formula is C22H27N3O2. The summed E-state index contributed by atoms with van der Waals surface area (Å²) in [6.07, 6.45) is 7.78. The van der Waals surface area contributed by atoms with Crippen molar-refractivity contribution in [1.82, 2.24) is 14.3 Å². The Bertz CT molecular complexity index is 913. The first-order valence-corrected chi connectivity index (χ1v) is 9.72. The number of rotatable bonds is 7. The van der Waals surface area contributed by atoms with Crippen molar-refractivity contribution in [3.63, 3.8) is 0 Å². The van der Waals surface area contributed by atoms with E-state index in [9.17, 15) is 0 Å². The molecule has 0 aliphatic carbocycles. The number of likely N-dealkylation sites (tertiary alicyclic amines) is 1. The predicted octanol–water partition coefficient (Wildman–Crippen LogP) is 4.18. The molecule has 0 atom stereocenters. The van der Waals surface area contributed by atoms with Crippen LogP contribution in [-0.2, 0) is 0 Å². The summed E-state index contributed by atoms with van der Waals surface area (Å²) < 4.78 is 13.6. The van der Waals surface area contributed by atoms with Gasteiger partial charge in [0.25, 0.3) is 0 Å². The van der Waals surface area contributed by atoms with Gasteiger partial charge in [-0.1, -0.05) is 0 Å². The molecule has 0 amide bonds. The van der Waals surface area contributed by atoms with Gasteiger partial charge in [0.2, 0.25) is 0 Å². The van der Waals surface area contributed by atoms with Gasteiger partial charge < -0.3 is 18.8 Å². The average molecular weight is 365 g/mol. The predicted molar refractivity (Wildman–Crippen MR) is 108 cm³/mol. The molecule has 3 aromatic rings. The van der Waals surface area contributed by atoms with E-state index in [1.54, 1.807) is 7.11 Å². The van der Waals surface area contributed by atoms with Crippen LogP contribution in [0.3, 0.4) is 0 Å². The van der Waals surface area contributed by atoms with E-state index in [1.807, 2.05) is 35.0 Å². The lowest BCUT2D eigenvalue weighted by atomic mass is 10.1. The van der Waals surface area contributed by atoms with Crippen LogP contribution < -0.4 is 9.47 Å². The van der Waals surface area contributed by atoms with Gasteiger partial charge in [-0.3, -0.25) is 0 Å². The van der Waals surface area contributed by atoms with E-state index in [0.717, 1.165) is 41.4 Å². The van der Waals surface area contributed by atoms with Crippen molar-refractivity contribution in [2.75, 3.05) is 33.4 Å². The normalized spacial score (nSPS) is 14.7. The molecule has 5 nitrogen and oxygen atoms in total. The molecule has 2 aromatic heterocycles. The second-order valence-corrected chi connectivity index (χ2v) is 7.21. The maximum Gasteiger partial charge on any atom is 0.161 e. The summed E-state index contributed by atoms with van der Waals surface area (Å²) in [5.74, 6) is 1.55. The molecule has 0 saturated carbocycles. The Balaban J connectivity index is 1.45. The second kappa shape index (κ2) is 8.01. The zero-order chi connectivity index (χ0) is 18.6. The van der Waals surface area contributed by atoms with Gasteiger partial charge in [-0.2, -0.15) is 0 Å². The zero-order valence-electron chi connectivity index (χ0n) is 16.1. The summed E-state index contributed by atoms with van der Waals surface area (Å²) >= 11 is 0. The highest BCUT2D eigenvalue weighted by Gasteiger charge is 2.12. The van der Waals surface area contributed by atoms with Gasteiger partial charge in [0.05, 0.1) is 19.4 Å². The van der Waals surface area contributed by atoms with E-state index in [2.05, 4.69) is 24.0 Å². The Morgan fingerprint density at radius 3 is 2.74 bits per heavy atom. The first kappa shape index (κ1) is 17.9. The Morgan fingerprint density at radius 2 is 1.93 bits per heavy atom. The van der Waals surface area contributed by atoms with Crippen LogP contribution in [0.5, 0.6) is 11.5 Å². The maximum atomic E-state index is 5.98. The average Bonchev–Trinajstić information content (AvgIpc) is 3.34. The van der Waals surface area contributed by atoms with Crippen LogP contribution in [0, 0.1) is 6.92 Å². The molecule has 4 rings (SSSR count). The molecule has 3 heterocycles. The number of fused-ring (bicyclic) bond motifs is 1. The van der Waals surface area contributed by atoms with Crippen LogP contribution in [0.1, 0.15) is 24.8 Å². The lowest BCUT2D eigenvalue weighted by Gasteiger charge is -2.15. The third-order valence-electron chi connectivity index (χ3n) is 5.15. The number of ether oxygens (including phenoxy) is 2. The number of hydrogen-bond acceptors (Lipinski definition) is 4. The fourth-order valence-electron chi connectivity index (χ4n) is 3.65. The molecule has 1 aliphatic rings. The summed E-state index contributed by atoms with van der Waals surface area (Å²) in [5.41, 5.74) is 4.11. The zero-order valence-corrected chi connectivity index (χ0v) is 16.1. The Morgan fingerprint density at radius 1 is 1.07 bits per heavy atom. The molecule has 1 saturated heterocycles. The molecule has 0 N–H and O–H groups in total. The number of imidazole rings is 1. The van der Waals surface area contributed by atoms with Gasteiger partial charge >= 0.3 is 0 Å². The van der Waals surface area contributed by atoms with Gasteiger partial charge in [0.15, 0.2) is 11.5 Å². The lowest BCUT2D eigenvalue weighted by molar-refractivity contribution is 0.254. The Kier molecular flexibility index (Phi) is 5.30. The van der Waals surface area contributed by atoms with Crippen LogP contribution in [0.4, 0.5) is 0 Å². The molecule has 27 heavy (non-hydrogen) atoms. The summed E-state index contributed by atoms with van der Waals surface area (Å²) in [4.78, 5) is 7.24. The molecule has 1 fully saturated rings. The molecule has 0 unspecified atom stereocenters. The maximum absolute atomic E-state index is 5.98. The van der Waals surface area contributed by atoms with Crippen LogP contribution in [0.25, 0.3) is 16.9 Å². The summed E-state index contributed by atoms with van der Waals surface area (Å²) in [7, 11) is 1.68. The van der Waals surface area contributed by atoms with Crippen LogP contribution >= 0.6 is 0 Å². The highest BCUT2D eigenvalue weighted by Crippen LogP contribution is 2.32. The SMILES string of the molecule is COc1cc(-c2cn3ccc(C)cc3n2)ccc1OCCCN1CCCC1. The standard InChI is InChI=1S/C22H27N3O2/c1-17-8-12-25-16-19(23-22(25)14-17)18-6-7-20(21(15-18)26-2)27-13-5-11-24-9-3-4-10-24/h6-8,12,14-16H,3-5,9-11,13H2,1-2H3. The number of pyridine rings is 1. The second-order valence-electron chi connectivity index (χ2n) is 7.21.